The van der Waals surface area contributed by atoms with Gasteiger partial charge in [0.05, 0.1) is 15.9 Å². The zero-order valence-corrected chi connectivity index (χ0v) is 11.6. The zero-order chi connectivity index (χ0) is 13.1. The third-order valence-corrected chi connectivity index (χ3v) is 4.42. The van der Waals surface area contributed by atoms with Gasteiger partial charge in [-0.05, 0) is 22.0 Å². The molecule has 0 radical (unpaired) electrons. The Labute approximate surface area is 108 Å². The van der Waals surface area contributed by atoms with Gasteiger partial charge in [-0.1, -0.05) is 6.92 Å². The number of ether oxygens (including phenoxy) is 1. The number of anilines is 1. The Morgan fingerprint density at radius 2 is 2.12 bits per heavy atom. The van der Waals surface area contributed by atoms with Gasteiger partial charge in [0, 0.05) is 11.8 Å². The number of hydrogen-bond acceptors (Lipinski definition) is 4. The second kappa shape index (κ2) is 5.68. The number of sulfone groups is 1. The summed E-state index contributed by atoms with van der Waals surface area (Å²) in [5.41, 5.74) is 5.86. The average molecular weight is 326 g/mol. The van der Waals surface area contributed by atoms with Crippen molar-refractivity contribution in [2.45, 2.75) is 6.92 Å². The summed E-state index contributed by atoms with van der Waals surface area (Å²) in [7, 11) is -3.09. The molecule has 0 saturated carbocycles. The molecule has 0 aliphatic rings. The van der Waals surface area contributed by atoms with Crippen LogP contribution in [0.15, 0.2) is 16.6 Å². The highest BCUT2D eigenvalue weighted by Gasteiger charge is 2.10. The lowest BCUT2D eigenvalue weighted by Crippen LogP contribution is -2.16. The predicted octanol–water partition coefficient (Wildman–Crippen LogP) is 1.98. The Morgan fingerprint density at radius 1 is 1.47 bits per heavy atom. The molecule has 2 N–H and O–H groups in total. The monoisotopic (exact) mass is 325 g/mol. The molecule has 0 fully saturated rings. The third-order valence-electron chi connectivity index (χ3n) is 2.14. The van der Waals surface area contributed by atoms with E-state index in [-0.39, 0.29) is 34.0 Å². The van der Waals surface area contributed by atoms with Crippen LogP contribution in [0.5, 0.6) is 5.75 Å². The minimum atomic E-state index is -3.09. The van der Waals surface area contributed by atoms with E-state index in [0.29, 0.717) is 0 Å². The molecule has 1 aromatic carbocycles. The summed E-state index contributed by atoms with van der Waals surface area (Å²) < 4.78 is 41.0. The predicted molar refractivity (Wildman–Crippen MR) is 68.3 cm³/mol. The standard InChI is InChI=1S/C10H13BrFNO3S/c1-2-17(14,15)4-3-16-10-6-8(12)7(11)5-9(10)13/h5-6H,2-4,13H2,1H3. The van der Waals surface area contributed by atoms with Crippen molar-refractivity contribution < 1.29 is 17.5 Å². The van der Waals surface area contributed by atoms with Crippen LogP contribution in [-0.2, 0) is 9.84 Å². The Morgan fingerprint density at radius 3 is 2.71 bits per heavy atom. The first-order valence-corrected chi connectivity index (χ1v) is 7.55. The van der Waals surface area contributed by atoms with E-state index in [4.69, 9.17) is 10.5 Å². The van der Waals surface area contributed by atoms with Crippen molar-refractivity contribution in [2.24, 2.45) is 0 Å². The molecule has 1 aromatic rings. The number of hydrogen-bond donors (Lipinski definition) is 1. The fraction of sp³-hybridized carbons (Fsp3) is 0.400. The average Bonchev–Trinajstić information content (AvgIpc) is 2.25. The van der Waals surface area contributed by atoms with Crippen molar-refractivity contribution in [2.75, 3.05) is 23.8 Å². The number of nitrogens with two attached hydrogens (primary N) is 1. The maximum absolute atomic E-state index is 13.2. The van der Waals surface area contributed by atoms with Gasteiger partial charge in [-0.15, -0.1) is 0 Å². The lowest BCUT2D eigenvalue weighted by atomic mass is 10.3. The summed E-state index contributed by atoms with van der Waals surface area (Å²) in [6.07, 6.45) is 0. The van der Waals surface area contributed by atoms with Crippen molar-refractivity contribution in [1.29, 1.82) is 0 Å². The molecule has 1 rings (SSSR count). The molecule has 0 aromatic heterocycles. The van der Waals surface area contributed by atoms with Crippen LogP contribution < -0.4 is 10.5 Å². The summed E-state index contributed by atoms with van der Waals surface area (Å²) in [5.74, 6) is -0.411. The third kappa shape index (κ3) is 4.16. The SMILES string of the molecule is CCS(=O)(=O)CCOc1cc(F)c(Br)cc1N. The molecule has 0 amide bonds. The van der Waals surface area contributed by atoms with Gasteiger partial charge in [0.25, 0.3) is 0 Å². The number of rotatable bonds is 5. The van der Waals surface area contributed by atoms with Gasteiger partial charge >= 0.3 is 0 Å². The van der Waals surface area contributed by atoms with Gasteiger partial charge in [0.2, 0.25) is 0 Å². The molecule has 96 valence electrons. The number of benzene rings is 1. The molecule has 0 saturated heterocycles. The molecule has 0 bridgehead atoms. The maximum atomic E-state index is 13.2. The second-order valence-corrected chi connectivity index (χ2v) is 6.72. The molecule has 0 spiro atoms. The van der Waals surface area contributed by atoms with Crippen LogP contribution in [0.3, 0.4) is 0 Å². The second-order valence-electron chi connectivity index (χ2n) is 3.39. The van der Waals surface area contributed by atoms with Gasteiger partial charge in [-0.3, -0.25) is 0 Å². The summed E-state index contributed by atoms with van der Waals surface area (Å²) in [6.45, 7) is 1.52. The van der Waals surface area contributed by atoms with Gasteiger partial charge in [-0.2, -0.15) is 0 Å². The summed E-state index contributed by atoms with van der Waals surface area (Å²) in [4.78, 5) is 0. The van der Waals surface area contributed by atoms with Crippen LogP contribution in [0.2, 0.25) is 0 Å². The van der Waals surface area contributed by atoms with E-state index < -0.39 is 15.7 Å². The zero-order valence-electron chi connectivity index (χ0n) is 9.24. The molecule has 0 heterocycles. The molecule has 17 heavy (non-hydrogen) atoms. The van der Waals surface area contributed by atoms with Gasteiger partial charge < -0.3 is 10.5 Å². The van der Waals surface area contributed by atoms with Crippen molar-refractivity contribution in [3.8, 4) is 5.75 Å². The molecule has 7 heteroatoms. The Kier molecular flexibility index (Phi) is 4.76. The van der Waals surface area contributed by atoms with E-state index in [0.717, 1.165) is 6.07 Å². The lowest BCUT2D eigenvalue weighted by Gasteiger charge is -2.09. The van der Waals surface area contributed by atoms with E-state index in [1.807, 2.05) is 0 Å². The summed E-state index contributed by atoms with van der Waals surface area (Å²) >= 11 is 2.98. The first-order valence-electron chi connectivity index (χ1n) is 4.93. The normalized spacial score (nSPS) is 11.5. The molecule has 0 unspecified atom stereocenters. The minimum absolute atomic E-state index is 0.0402. The molecular formula is C10H13BrFNO3S. The van der Waals surface area contributed by atoms with E-state index in [1.165, 1.54) is 6.07 Å². The molecule has 4 nitrogen and oxygen atoms in total. The van der Waals surface area contributed by atoms with Crippen molar-refractivity contribution in [1.82, 2.24) is 0 Å². The van der Waals surface area contributed by atoms with Crippen molar-refractivity contribution in [3.05, 3.63) is 22.4 Å². The van der Waals surface area contributed by atoms with Gasteiger partial charge in [-0.25, -0.2) is 12.8 Å². The van der Waals surface area contributed by atoms with Crippen LogP contribution in [0.4, 0.5) is 10.1 Å². The topological polar surface area (TPSA) is 69.4 Å². The van der Waals surface area contributed by atoms with E-state index in [1.54, 1.807) is 6.92 Å². The van der Waals surface area contributed by atoms with Gasteiger partial charge in [0.15, 0.2) is 9.84 Å². The quantitative estimate of drug-likeness (QED) is 0.840. The fourth-order valence-electron chi connectivity index (χ4n) is 1.09. The lowest BCUT2D eigenvalue weighted by molar-refractivity contribution is 0.340. The Balaban J connectivity index is 2.68. The Hall–Kier alpha value is -0.820. The van der Waals surface area contributed by atoms with Crippen molar-refractivity contribution >= 4 is 31.5 Å². The Bertz CT molecular complexity index is 505. The van der Waals surface area contributed by atoms with Crippen LogP contribution in [-0.4, -0.2) is 26.5 Å². The molecule has 0 aliphatic carbocycles. The highest BCUT2D eigenvalue weighted by molar-refractivity contribution is 9.10. The molecular weight excluding hydrogens is 313 g/mol. The van der Waals surface area contributed by atoms with E-state index >= 15 is 0 Å². The van der Waals surface area contributed by atoms with Crippen LogP contribution in [0, 0.1) is 5.82 Å². The van der Waals surface area contributed by atoms with Crippen LogP contribution >= 0.6 is 15.9 Å². The van der Waals surface area contributed by atoms with Gasteiger partial charge in [0.1, 0.15) is 18.2 Å². The smallest absolute Gasteiger partial charge is 0.153 e. The maximum Gasteiger partial charge on any atom is 0.153 e. The number of nitrogen functional groups attached to an aromatic ring is 1. The summed E-state index contributed by atoms with van der Waals surface area (Å²) in [5, 5.41) is 0. The molecule has 0 atom stereocenters. The van der Waals surface area contributed by atoms with Crippen molar-refractivity contribution in [3.63, 3.8) is 0 Å². The summed E-state index contributed by atoms with van der Waals surface area (Å²) in [6, 6.07) is 2.50. The highest BCUT2D eigenvalue weighted by atomic mass is 79.9. The highest BCUT2D eigenvalue weighted by Crippen LogP contribution is 2.28. The fourth-order valence-corrected chi connectivity index (χ4v) is 2.08. The van der Waals surface area contributed by atoms with Crippen LogP contribution in [0.25, 0.3) is 0 Å². The van der Waals surface area contributed by atoms with E-state index in [9.17, 15) is 12.8 Å². The van der Waals surface area contributed by atoms with Crippen LogP contribution in [0.1, 0.15) is 6.92 Å². The largest absolute Gasteiger partial charge is 0.490 e. The first-order chi connectivity index (χ1) is 7.85. The van der Waals surface area contributed by atoms with E-state index in [2.05, 4.69) is 15.9 Å². The molecule has 0 aliphatic heterocycles. The first kappa shape index (κ1) is 14.2. The number of halogens is 2. The minimum Gasteiger partial charge on any atom is -0.490 e.